The summed E-state index contributed by atoms with van der Waals surface area (Å²) in [7, 11) is 0. The molecule has 296 valence electrons. The molecule has 0 aromatic heterocycles. The van der Waals surface area contributed by atoms with Crippen molar-refractivity contribution in [1.82, 2.24) is 0 Å². The predicted octanol–water partition coefficient (Wildman–Crippen LogP) is 17.5. The molecule has 0 unspecified atom stereocenters. The molecular formula is C62H43N. The standard InChI is InChI=1S/C62H43N/c1-4-15-44(16-5-1)46-27-29-47(30-28-46)48-31-35-54(36-32-48)63(55-37-33-50(34-38-55)61-42-53-21-10-11-24-57(53)59-25-12-13-26-60(59)61)56-39-40-58(62(43-56)49-19-8-3-9-20-49)52-23-14-22-51(41-52)45-17-6-2-7-18-45/h1-43H. The predicted molar refractivity (Wildman–Crippen MR) is 269 cm³/mol. The molecule has 11 aromatic rings. The smallest absolute Gasteiger partial charge is 0.0468 e. The van der Waals surface area contributed by atoms with Gasteiger partial charge >= 0.3 is 0 Å². The fourth-order valence-electron chi connectivity index (χ4n) is 9.10. The van der Waals surface area contributed by atoms with Crippen molar-refractivity contribution in [2.24, 2.45) is 0 Å². The molecule has 1 heteroatoms. The molecule has 1 nitrogen and oxygen atoms in total. The Labute approximate surface area is 369 Å². The Balaban J connectivity index is 1.03. The molecule has 0 atom stereocenters. The Morgan fingerprint density at radius 2 is 0.603 bits per heavy atom. The summed E-state index contributed by atoms with van der Waals surface area (Å²) in [6, 6.07) is 94.6. The average Bonchev–Trinajstić information content (AvgIpc) is 3.37. The van der Waals surface area contributed by atoms with E-state index in [9.17, 15) is 0 Å². The molecule has 0 fully saturated rings. The van der Waals surface area contributed by atoms with Crippen LogP contribution in [-0.2, 0) is 0 Å². The number of nitrogens with zero attached hydrogens (tertiary/aromatic N) is 1. The fourth-order valence-corrected chi connectivity index (χ4v) is 9.10. The van der Waals surface area contributed by atoms with Gasteiger partial charge in [-0.05, 0) is 137 Å². The molecule has 11 aromatic carbocycles. The Morgan fingerprint density at radius 3 is 1.22 bits per heavy atom. The molecule has 0 amide bonds. The van der Waals surface area contributed by atoms with E-state index in [1.807, 2.05) is 0 Å². The Kier molecular flexibility index (Phi) is 9.97. The summed E-state index contributed by atoms with van der Waals surface area (Å²) in [5.74, 6) is 0. The highest BCUT2D eigenvalue weighted by Crippen LogP contribution is 2.43. The minimum Gasteiger partial charge on any atom is -0.310 e. The molecule has 11 rings (SSSR count). The van der Waals surface area contributed by atoms with Crippen LogP contribution in [0.3, 0.4) is 0 Å². The third-order valence-corrected chi connectivity index (χ3v) is 12.3. The summed E-state index contributed by atoms with van der Waals surface area (Å²) in [6.45, 7) is 0. The van der Waals surface area contributed by atoms with Gasteiger partial charge in [0.1, 0.15) is 0 Å². The second kappa shape index (κ2) is 16.7. The van der Waals surface area contributed by atoms with E-state index in [0.29, 0.717) is 0 Å². The van der Waals surface area contributed by atoms with E-state index in [4.69, 9.17) is 0 Å². The van der Waals surface area contributed by atoms with Crippen LogP contribution in [0, 0.1) is 0 Å². The van der Waals surface area contributed by atoms with Crippen LogP contribution in [-0.4, -0.2) is 0 Å². The summed E-state index contributed by atoms with van der Waals surface area (Å²) >= 11 is 0. The molecule has 0 bridgehead atoms. The van der Waals surface area contributed by atoms with Crippen molar-refractivity contribution < 1.29 is 0 Å². The molecule has 0 saturated heterocycles. The summed E-state index contributed by atoms with van der Waals surface area (Å²) in [5.41, 5.74) is 17.6. The highest BCUT2D eigenvalue weighted by molar-refractivity contribution is 6.13. The van der Waals surface area contributed by atoms with Gasteiger partial charge in [0, 0.05) is 17.1 Å². The van der Waals surface area contributed by atoms with Gasteiger partial charge in [0.2, 0.25) is 0 Å². The molecule has 0 heterocycles. The first kappa shape index (κ1) is 37.7. The molecule has 63 heavy (non-hydrogen) atoms. The second-order valence-electron chi connectivity index (χ2n) is 16.1. The van der Waals surface area contributed by atoms with Gasteiger partial charge in [0.15, 0.2) is 0 Å². The quantitative estimate of drug-likeness (QED) is 0.131. The lowest BCUT2D eigenvalue weighted by molar-refractivity contribution is 1.28. The summed E-state index contributed by atoms with van der Waals surface area (Å²) < 4.78 is 0. The largest absolute Gasteiger partial charge is 0.310 e. The lowest BCUT2D eigenvalue weighted by atomic mass is 9.91. The zero-order chi connectivity index (χ0) is 42.0. The minimum atomic E-state index is 1.08. The molecule has 0 spiro atoms. The van der Waals surface area contributed by atoms with Crippen molar-refractivity contribution in [2.45, 2.75) is 0 Å². The maximum atomic E-state index is 2.39. The Morgan fingerprint density at radius 1 is 0.190 bits per heavy atom. The van der Waals surface area contributed by atoms with Crippen molar-refractivity contribution in [2.75, 3.05) is 4.90 Å². The van der Waals surface area contributed by atoms with Gasteiger partial charge in [-0.15, -0.1) is 0 Å². The van der Waals surface area contributed by atoms with E-state index in [-0.39, 0.29) is 0 Å². The molecule has 0 saturated carbocycles. The zero-order valence-corrected chi connectivity index (χ0v) is 34.8. The molecule has 0 aliphatic heterocycles. The van der Waals surface area contributed by atoms with Crippen molar-refractivity contribution in [3.05, 3.63) is 261 Å². The first-order valence-electron chi connectivity index (χ1n) is 21.7. The van der Waals surface area contributed by atoms with Crippen LogP contribution in [0.15, 0.2) is 261 Å². The number of anilines is 3. The van der Waals surface area contributed by atoms with Crippen LogP contribution in [0.2, 0.25) is 0 Å². The summed E-state index contributed by atoms with van der Waals surface area (Å²) in [5, 5.41) is 5.05. The molecule has 0 aliphatic carbocycles. The molecular weight excluding hydrogens is 759 g/mol. The summed E-state index contributed by atoms with van der Waals surface area (Å²) in [4.78, 5) is 2.39. The normalized spacial score (nSPS) is 11.2. The Bertz CT molecular complexity index is 3340. The molecule has 0 radical (unpaired) electrons. The van der Waals surface area contributed by atoms with E-state index in [1.54, 1.807) is 0 Å². The molecule has 0 N–H and O–H groups in total. The SMILES string of the molecule is c1ccc(-c2ccc(-c3ccc(N(c4ccc(-c5cc6ccccc6c6ccccc56)cc4)c4ccc(-c5cccc(-c6ccccc6)c5)c(-c5ccccc5)c4)cc3)cc2)cc1. The van der Waals surface area contributed by atoms with Crippen molar-refractivity contribution >= 4 is 38.6 Å². The number of rotatable bonds is 9. The fraction of sp³-hybridized carbons (Fsp3) is 0. The van der Waals surface area contributed by atoms with E-state index in [0.717, 1.165) is 17.1 Å². The van der Waals surface area contributed by atoms with Gasteiger partial charge in [-0.1, -0.05) is 212 Å². The minimum absolute atomic E-state index is 1.08. The monoisotopic (exact) mass is 801 g/mol. The van der Waals surface area contributed by atoms with E-state index in [1.165, 1.54) is 88.3 Å². The van der Waals surface area contributed by atoms with Crippen LogP contribution >= 0.6 is 0 Å². The zero-order valence-electron chi connectivity index (χ0n) is 34.8. The van der Waals surface area contributed by atoms with Crippen LogP contribution in [0.5, 0.6) is 0 Å². The van der Waals surface area contributed by atoms with E-state index in [2.05, 4.69) is 266 Å². The number of hydrogen-bond acceptors (Lipinski definition) is 1. The lowest BCUT2D eigenvalue weighted by Crippen LogP contribution is -2.10. The lowest BCUT2D eigenvalue weighted by Gasteiger charge is -2.27. The highest BCUT2D eigenvalue weighted by Gasteiger charge is 2.18. The van der Waals surface area contributed by atoms with Crippen molar-refractivity contribution in [3.8, 4) is 66.8 Å². The van der Waals surface area contributed by atoms with Gasteiger partial charge in [-0.25, -0.2) is 0 Å². The van der Waals surface area contributed by atoms with Crippen LogP contribution in [0.4, 0.5) is 17.1 Å². The maximum Gasteiger partial charge on any atom is 0.0468 e. The number of benzene rings is 11. The van der Waals surface area contributed by atoms with Crippen LogP contribution < -0.4 is 4.90 Å². The van der Waals surface area contributed by atoms with Crippen LogP contribution in [0.25, 0.3) is 88.3 Å². The first-order chi connectivity index (χ1) is 31.2. The van der Waals surface area contributed by atoms with Crippen molar-refractivity contribution in [1.29, 1.82) is 0 Å². The molecule has 0 aliphatic rings. The second-order valence-corrected chi connectivity index (χ2v) is 16.1. The van der Waals surface area contributed by atoms with Crippen molar-refractivity contribution in [3.63, 3.8) is 0 Å². The summed E-state index contributed by atoms with van der Waals surface area (Å²) in [6.07, 6.45) is 0. The van der Waals surface area contributed by atoms with Gasteiger partial charge in [0.25, 0.3) is 0 Å². The topological polar surface area (TPSA) is 3.24 Å². The number of hydrogen-bond donors (Lipinski definition) is 0. The van der Waals surface area contributed by atoms with Gasteiger partial charge in [-0.3, -0.25) is 0 Å². The van der Waals surface area contributed by atoms with Gasteiger partial charge < -0.3 is 4.90 Å². The number of fused-ring (bicyclic) bond motifs is 3. The third kappa shape index (κ3) is 7.47. The Hall–Kier alpha value is -8.26. The van der Waals surface area contributed by atoms with E-state index < -0.39 is 0 Å². The average molecular weight is 802 g/mol. The van der Waals surface area contributed by atoms with Gasteiger partial charge in [0.05, 0.1) is 0 Å². The maximum absolute atomic E-state index is 2.39. The first-order valence-corrected chi connectivity index (χ1v) is 21.7. The van der Waals surface area contributed by atoms with Crippen LogP contribution in [0.1, 0.15) is 0 Å². The third-order valence-electron chi connectivity index (χ3n) is 12.3. The van der Waals surface area contributed by atoms with Gasteiger partial charge in [-0.2, -0.15) is 0 Å². The highest BCUT2D eigenvalue weighted by atomic mass is 15.1. The van der Waals surface area contributed by atoms with E-state index >= 15 is 0 Å².